The van der Waals surface area contributed by atoms with Gasteiger partial charge in [-0.3, -0.25) is 9.78 Å². The lowest BCUT2D eigenvalue weighted by atomic mass is 10.1. The molecule has 122 valence electrons. The van der Waals surface area contributed by atoms with E-state index in [1.807, 2.05) is 24.4 Å². The molecule has 1 saturated heterocycles. The summed E-state index contributed by atoms with van der Waals surface area (Å²) in [5, 5.41) is 9.19. The molecule has 6 nitrogen and oxygen atoms in total. The molecule has 0 radical (unpaired) electrons. The monoisotopic (exact) mass is 332 g/mol. The Morgan fingerprint density at radius 2 is 2.30 bits per heavy atom. The second-order valence-corrected chi connectivity index (χ2v) is 6.35. The average Bonchev–Trinajstić information content (AvgIpc) is 3.05. The van der Waals surface area contributed by atoms with E-state index in [2.05, 4.69) is 20.6 Å². The number of carbonyl (C=O) groups excluding carboxylic acids is 1. The highest BCUT2D eigenvalue weighted by molar-refractivity contribution is 7.09. The van der Waals surface area contributed by atoms with Crippen LogP contribution in [-0.4, -0.2) is 47.7 Å². The maximum Gasteiger partial charge on any atom is 0.239 e. The molecule has 0 saturated carbocycles. The van der Waals surface area contributed by atoms with Gasteiger partial charge in [-0.05, 0) is 19.1 Å². The molecular formula is C16H20N4O2S. The summed E-state index contributed by atoms with van der Waals surface area (Å²) in [7, 11) is 0. The molecule has 1 aliphatic rings. The number of thiazole rings is 1. The molecule has 0 unspecified atom stereocenters. The van der Waals surface area contributed by atoms with Gasteiger partial charge in [0.1, 0.15) is 6.04 Å². The Kier molecular flexibility index (Phi) is 5.32. The number of carbonyl (C=O) groups is 1. The summed E-state index contributed by atoms with van der Waals surface area (Å²) in [5.41, 5.74) is 2.01. The summed E-state index contributed by atoms with van der Waals surface area (Å²) in [6.07, 6.45) is 4.15. The van der Waals surface area contributed by atoms with Gasteiger partial charge in [-0.1, -0.05) is 0 Å². The van der Waals surface area contributed by atoms with E-state index in [0.717, 1.165) is 22.7 Å². The number of hydrogen-bond donors (Lipinski definition) is 2. The van der Waals surface area contributed by atoms with Crippen molar-refractivity contribution in [1.29, 1.82) is 0 Å². The van der Waals surface area contributed by atoms with Crippen LogP contribution >= 0.6 is 11.3 Å². The standard InChI is InChI=1S/C16H20N4O2S/c1-11-15(18-8-9-22-11)16(21)19-7-4-14-20-13(10-23-14)12-2-5-17-6-3-12/h2-3,5-6,10-11,15,18H,4,7-9H2,1H3,(H,19,21)/t11-,15+/m1/s1. The molecule has 2 aromatic heterocycles. The summed E-state index contributed by atoms with van der Waals surface area (Å²) in [4.78, 5) is 20.8. The van der Waals surface area contributed by atoms with Gasteiger partial charge in [0.2, 0.25) is 5.91 Å². The zero-order valence-corrected chi connectivity index (χ0v) is 13.8. The number of nitrogens with one attached hydrogen (secondary N) is 2. The molecule has 2 aromatic rings. The minimum atomic E-state index is -0.271. The van der Waals surface area contributed by atoms with Crippen molar-refractivity contribution in [2.45, 2.75) is 25.5 Å². The average molecular weight is 332 g/mol. The molecule has 0 aliphatic carbocycles. The lowest BCUT2D eigenvalue weighted by molar-refractivity contribution is -0.128. The molecule has 0 aromatic carbocycles. The van der Waals surface area contributed by atoms with Gasteiger partial charge in [0.05, 0.1) is 23.4 Å². The summed E-state index contributed by atoms with van der Waals surface area (Å²) >= 11 is 1.61. The maximum absolute atomic E-state index is 12.1. The van der Waals surface area contributed by atoms with Gasteiger partial charge in [-0.15, -0.1) is 11.3 Å². The van der Waals surface area contributed by atoms with Crippen molar-refractivity contribution >= 4 is 17.2 Å². The number of morpholine rings is 1. The number of rotatable bonds is 5. The van der Waals surface area contributed by atoms with Crippen LogP contribution in [0.3, 0.4) is 0 Å². The van der Waals surface area contributed by atoms with Crippen LogP contribution in [0, 0.1) is 0 Å². The summed E-state index contributed by atoms with van der Waals surface area (Å²) < 4.78 is 5.49. The van der Waals surface area contributed by atoms with E-state index in [0.29, 0.717) is 19.7 Å². The van der Waals surface area contributed by atoms with E-state index >= 15 is 0 Å². The van der Waals surface area contributed by atoms with Gasteiger partial charge >= 0.3 is 0 Å². The molecule has 3 heterocycles. The lowest BCUT2D eigenvalue weighted by Gasteiger charge is -2.29. The predicted octanol–water partition coefficient (Wildman–Crippen LogP) is 1.24. The highest BCUT2D eigenvalue weighted by Gasteiger charge is 2.27. The first-order chi connectivity index (χ1) is 11.2. The van der Waals surface area contributed by atoms with Crippen LogP contribution in [0.5, 0.6) is 0 Å². The van der Waals surface area contributed by atoms with Crippen molar-refractivity contribution in [2.24, 2.45) is 0 Å². The fourth-order valence-corrected chi connectivity index (χ4v) is 3.32. The molecule has 7 heteroatoms. The maximum atomic E-state index is 12.1. The van der Waals surface area contributed by atoms with E-state index < -0.39 is 0 Å². The molecular weight excluding hydrogens is 312 g/mol. The van der Waals surface area contributed by atoms with Gasteiger partial charge < -0.3 is 15.4 Å². The zero-order chi connectivity index (χ0) is 16.1. The largest absolute Gasteiger partial charge is 0.375 e. The third-order valence-corrected chi connectivity index (χ3v) is 4.67. The number of amides is 1. The van der Waals surface area contributed by atoms with Crippen molar-refractivity contribution < 1.29 is 9.53 Å². The Balaban J connectivity index is 1.49. The van der Waals surface area contributed by atoms with E-state index in [1.165, 1.54) is 0 Å². The molecule has 0 spiro atoms. The third kappa shape index (κ3) is 4.13. The van der Waals surface area contributed by atoms with E-state index in [9.17, 15) is 4.79 Å². The highest BCUT2D eigenvalue weighted by atomic mass is 32.1. The minimum Gasteiger partial charge on any atom is -0.375 e. The first-order valence-corrected chi connectivity index (χ1v) is 8.59. The van der Waals surface area contributed by atoms with Gasteiger partial charge in [0, 0.05) is 42.8 Å². The second kappa shape index (κ2) is 7.63. The van der Waals surface area contributed by atoms with Gasteiger partial charge in [0.25, 0.3) is 0 Å². The van der Waals surface area contributed by atoms with Crippen molar-refractivity contribution in [2.75, 3.05) is 19.7 Å². The molecule has 2 atom stereocenters. The van der Waals surface area contributed by atoms with E-state index in [4.69, 9.17) is 4.74 Å². The first kappa shape index (κ1) is 16.0. The molecule has 3 rings (SSSR count). The fraction of sp³-hybridized carbons (Fsp3) is 0.438. The Morgan fingerprint density at radius 3 is 3.09 bits per heavy atom. The van der Waals surface area contributed by atoms with E-state index in [-0.39, 0.29) is 18.1 Å². The number of nitrogens with zero attached hydrogens (tertiary/aromatic N) is 2. The first-order valence-electron chi connectivity index (χ1n) is 7.71. The van der Waals surface area contributed by atoms with Crippen molar-refractivity contribution in [3.05, 3.63) is 34.9 Å². The minimum absolute atomic E-state index is 0.0110. The van der Waals surface area contributed by atoms with Crippen LogP contribution in [0.1, 0.15) is 11.9 Å². The summed E-state index contributed by atoms with van der Waals surface area (Å²) in [5.74, 6) is -0.0110. The second-order valence-electron chi connectivity index (χ2n) is 5.41. The molecule has 1 aliphatic heterocycles. The normalized spacial score (nSPS) is 21.1. The Labute approximate surface area is 139 Å². The van der Waals surface area contributed by atoms with Crippen molar-refractivity contribution in [3.8, 4) is 11.3 Å². The number of ether oxygens (including phenoxy) is 1. The molecule has 2 N–H and O–H groups in total. The Hall–Kier alpha value is -1.83. The Bertz CT molecular complexity index is 647. The smallest absolute Gasteiger partial charge is 0.239 e. The van der Waals surface area contributed by atoms with Crippen LogP contribution in [-0.2, 0) is 16.0 Å². The zero-order valence-electron chi connectivity index (χ0n) is 13.0. The lowest BCUT2D eigenvalue weighted by Crippen LogP contribution is -2.55. The van der Waals surface area contributed by atoms with Crippen LogP contribution in [0.2, 0.25) is 0 Å². The Morgan fingerprint density at radius 1 is 1.48 bits per heavy atom. The number of pyridine rings is 1. The SMILES string of the molecule is C[C@H]1OCCN[C@@H]1C(=O)NCCc1nc(-c2ccncc2)cs1. The van der Waals surface area contributed by atoms with Crippen molar-refractivity contribution in [3.63, 3.8) is 0 Å². The highest BCUT2D eigenvalue weighted by Crippen LogP contribution is 2.21. The molecule has 1 amide bonds. The third-order valence-electron chi connectivity index (χ3n) is 3.76. The number of hydrogen-bond acceptors (Lipinski definition) is 6. The van der Waals surface area contributed by atoms with Crippen molar-refractivity contribution in [1.82, 2.24) is 20.6 Å². The van der Waals surface area contributed by atoms with Gasteiger partial charge in [0.15, 0.2) is 0 Å². The molecule has 0 bridgehead atoms. The number of aromatic nitrogens is 2. The van der Waals surface area contributed by atoms with Crippen LogP contribution < -0.4 is 10.6 Å². The molecule has 1 fully saturated rings. The van der Waals surface area contributed by atoms with Crippen LogP contribution in [0.4, 0.5) is 0 Å². The van der Waals surface area contributed by atoms with Gasteiger partial charge in [-0.25, -0.2) is 4.98 Å². The predicted molar refractivity (Wildman–Crippen MR) is 89.3 cm³/mol. The van der Waals surface area contributed by atoms with Crippen LogP contribution in [0.25, 0.3) is 11.3 Å². The summed E-state index contributed by atoms with van der Waals surface area (Å²) in [6, 6.07) is 3.61. The molecule has 23 heavy (non-hydrogen) atoms. The van der Waals surface area contributed by atoms with Crippen LogP contribution in [0.15, 0.2) is 29.9 Å². The quantitative estimate of drug-likeness (QED) is 0.861. The van der Waals surface area contributed by atoms with Gasteiger partial charge in [-0.2, -0.15) is 0 Å². The fourth-order valence-electron chi connectivity index (χ4n) is 2.51. The summed E-state index contributed by atoms with van der Waals surface area (Å²) in [6.45, 7) is 3.86. The van der Waals surface area contributed by atoms with E-state index in [1.54, 1.807) is 23.7 Å². The topological polar surface area (TPSA) is 76.1 Å².